The molecule has 0 radical (unpaired) electrons. The molecular formula is C22H22ClF4N5O3. The molecule has 0 heterocycles. The molecule has 35 heavy (non-hydrogen) atoms. The van der Waals surface area contributed by atoms with Crippen molar-refractivity contribution in [3.05, 3.63) is 52.8 Å². The average molecular weight is 516 g/mol. The van der Waals surface area contributed by atoms with E-state index in [1.54, 1.807) is 5.43 Å². The van der Waals surface area contributed by atoms with Gasteiger partial charge in [-0.1, -0.05) is 23.8 Å². The monoisotopic (exact) mass is 515 g/mol. The first-order valence-electron chi connectivity index (χ1n) is 9.75. The van der Waals surface area contributed by atoms with Gasteiger partial charge in [0.1, 0.15) is 18.0 Å². The lowest BCUT2D eigenvalue weighted by Gasteiger charge is -2.20. The molecule has 0 saturated heterocycles. The smallest absolute Gasteiger partial charge is 0.294 e. The van der Waals surface area contributed by atoms with Crippen molar-refractivity contribution in [2.45, 2.75) is 32.6 Å². The molecule has 0 spiro atoms. The van der Waals surface area contributed by atoms with E-state index in [2.05, 4.69) is 16.7 Å². The molecule has 1 N–H and O–H groups in total. The highest BCUT2D eigenvalue weighted by atomic mass is 35.5. The molecule has 8 nitrogen and oxygen atoms in total. The van der Waals surface area contributed by atoms with E-state index in [1.807, 2.05) is 6.07 Å². The fraction of sp³-hybridized carbons (Fsp3) is 0.318. The summed E-state index contributed by atoms with van der Waals surface area (Å²) < 4.78 is 59.2. The Hall–Kier alpha value is -3.72. The molecule has 0 aliphatic carbocycles. The van der Waals surface area contributed by atoms with Crippen molar-refractivity contribution >= 4 is 36.0 Å². The van der Waals surface area contributed by atoms with Crippen LogP contribution in [0.1, 0.15) is 26.3 Å². The maximum absolute atomic E-state index is 13.8. The lowest BCUT2D eigenvalue weighted by atomic mass is 10.1. The van der Waals surface area contributed by atoms with Crippen LogP contribution in [0.4, 0.5) is 17.6 Å². The number of benzene rings is 1. The van der Waals surface area contributed by atoms with Crippen LogP contribution in [0.25, 0.3) is 0 Å². The highest BCUT2D eigenvalue weighted by molar-refractivity contribution is 6.30. The van der Waals surface area contributed by atoms with Crippen LogP contribution in [0.5, 0.6) is 5.75 Å². The quantitative estimate of drug-likeness (QED) is 0.0850. The van der Waals surface area contributed by atoms with Crippen LogP contribution in [-0.4, -0.2) is 54.2 Å². The zero-order valence-electron chi connectivity index (χ0n) is 19.0. The van der Waals surface area contributed by atoms with Crippen LogP contribution in [0, 0.1) is 11.3 Å². The van der Waals surface area contributed by atoms with Crippen molar-refractivity contribution in [3.8, 4) is 11.8 Å². The molecule has 0 aromatic heterocycles. The van der Waals surface area contributed by atoms with E-state index in [4.69, 9.17) is 21.6 Å². The second-order valence-electron chi connectivity index (χ2n) is 7.40. The van der Waals surface area contributed by atoms with Crippen LogP contribution in [0.3, 0.4) is 0 Å². The summed E-state index contributed by atoms with van der Waals surface area (Å²) in [5.74, 6) is -8.02. The Bertz CT molecular complexity index is 1090. The summed E-state index contributed by atoms with van der Waals surface area (Å²) >= 11 is 5.90. The van der Waals surface area contributed by atoms with Crippen LogP contribution in [0.15, 0.2) is 52.3 Å². The Morgan fingerprint density at radius 3 is 2.51 bits per heavy atom. The molecule has 1 rings (SSSR count). The Morgan fingerprint density at radius 1 is 1.31 bits per heavy atom. The second-order valence-corrected chi connectivity index (χ2v) is 7.83. The number of allylic oxidation sites excluding steroid dienone is 1. The van der Waals surface area contributed by atoms with Crippen LogP contribution in [-0.2, 0) is 9.59 Å². The third-order valence-electron chi connectivity index (χ3n) is 3.82. The minimum absolute atomic E-state index is 0.0108. The third-order valence-corrected chi connectivity index (χ3v) is 4.04. The van der Waals surface area contributed by atoms with E-state index in [9.17, 15) is 27.2 Å². The first-order chi connectivity index (χ1) is 16.2. The number of aliphatic imine (C=N–C) groups is 1. The minimum atomic E-state index is -3.44. The van der Waals surface area contributed by atoms with Crippen molar-refractivity contribution in [3.63, 3.8) is 0 Å². The fourth-order valence-electron chi connectivity index (χ4n) is 2.40. The number of alkyl halides is 4. The predicted molar refractivity (Wildman–Crippen MR) is 123 cm³/mol. The van der Waals surface area contributed by atoms with E-state index < -0.39 is 42.3 Å². The number of halogens is 5. The summed E-state index contributed by atoms with van der Waals surface area (Å²) in [6, 6.07) is 5.82. The number of nitrogens with zero attached hydrogens (tertiary/aromatic N) is 4. The molecule has 0 aliphatic rings. The molecule has 1 aromatic rings. The molecule has 0 aliphatic heterocycles. The van der Waals surface area contributed by atoms with E-state index in [-0.39, 0.29) is 28.3 Å². The molecule has 0 fully saturated rings. The highest BCUT2D eigenvalue weighted by Crippen LogP contribution is 2.23. The number of ether oxygens (including phenoxy) is 1. The number of nitriles is 1. The molecule has 2 amide bonds. The molecule has 0 bridgehead atoms. The first-order valence-corrected chi connectivity index (χ1v) is 10.1. The van der Waals surface area contributed by atoms with Gasteiger partial charge < -0.3 is 4.74 Å². The van der Waals surface area contributed by atoms with E-state index >= 15 is 0 Å². The van der Waals surface area contributed by atoms with Gasteiger partial charge in [-0.3, -0.25) is 19.5 Å². The summed E-state index contributed by atoms with van der Waals surface area (Å²) in [5, 5.41) is 12.5. The van der Waals surface area contributed by atoms with Gasteiger partial charge in [-0.15, -0.1) is 0 Å². The van der Waals surface area contributed by atoms with Gasteiger partial charge in [0.25, 0.3) is 17.8 Å². The van der Waals surface area contributed by atoms with Crippen molar-refractivity contribution in [2.24, 2.45) is 10.1 Å². The van der Waals surface area contributed by atoms with Gasteiger partial charge in [-0.2, -0.15) is 19.1 Å². The Kier molecular flexibility index (Phi) is 10.6. The maximum Gasteiger partial charge on any atom is 0.294 e. The number of hydrogen-bond acceptors (Lipinski definition) is 6. The molecule has 1 aromatic carbocycles. The van der Waals surface area contributed by atoms with Gasteiger partial charge in [0.2, 0.25) is 6.41 Å². The summed E-state index contributed by atoms with van der Waals surface area (Å²) in [5.41, 5.74) is 1.23. The van der Waals surface area contributed by atoms with Crippen molar-refractivity contribution < 1.29 is 31.9 Å². The summed E-state index contributed by atoms with van der Waals surface area (Å²) in [7, 11) is 0. The van der Waals surface area contributed by atoms with Crippen molar-refractivity contribution in [2.75, 3.05) is 13.1 Å². The number of carbonyl (C=O) groups is 2. The number of nitrogens with one attached hydrogen (secondary N) is 1. The Morgan fingerprint density at radius 2 is 1.97 bits per heavy atom. The molecule has 0 saturated carbocycles. The summed E-state index contributed by atoms with van der Waals surface area (Å²) in [6.45, 7) is 4.70. The van der Waals surface area contributed by atoms with Gasteiger partial charge in [0.15, 0.2) is 5.76 Å². The molecule has 13 heteroatoms. The van der Waals surface area contributed by atoms with Gasteiger partial charge in [-0.05, 0) is 31.2 Å². The lowest BCUT2D eigenvalue weighted by Crippen LogP contribution is -2.34. The number of carbonyl (C=O) groups excluding carboxylic acids is 2. The van der Waals surface area contributed by atoms with E-state index in [0.29, 0.717) is 13.8 Å². The third kappa shape index (κ3) is 10.8. The van der Waals surface area contributed by atoms with Crippen molar-refractivity contribution in [1.82, 2.24) is 10.3 Å². The SMILES string of the molecule is C=C(Oc1cc(Cl)cc(C#N)c1)C(=O)N(C=NCC(C)(F)F)C/C(C)=C/C(=N\NC=O)C(C)(F)F. The maximum atomic E-state index is 13.8. The lowest BCUT2D eigenvalue weighted by molar-refractivity contribution is -0.125. The summed E-state index contributed by atoms with van der Waals surface area (Å²) in [4.78, 5) is 27.6. The van der Waals surface area contributed by atoms with Gasteiger partial charge in [0, 0.05) is 25.4 Å². The zero-order chi connectivity index (χ0) is 26.8. The number of hydrogen-bond donors (Lipinski definition) is 1. The first kappa shape index (κ1) is 29.3. The number of amides is 2. The molecule has 0 atom stereocenters. The zero-order valence-corrected chi connectivity index (χ0v) is 19.7. The van der Waals surface area contributed by atoms with Gasteiger partial charge in [-0.25, -0.2) is 14.2 Å². The molecule has 188 valence electrons. The topological polar surface area (TPSA) is 107 Å². The van der Waals surface area contributed by atoms with Crippen molar-refractivity contribution in [1.29, 1.82) is 5.26 Å². The van der Waals surface area contributed by atoms with Crippen LogP contribution in [0.2, 0.25) is 5.02 Å². The van der Waals surface area contributed by atoms with Crippen LogP contribution >= 0.6 is 11.6 Å². The second kappa shape index (κ2) is 12.7. The largest absolute Gasteiger partial charge is 0.452 e. The minimum Gasteiger partial charge on any atom is -0.452 e. The number of hydrazone groups is 1. The Balaban J connectivity index is 3.22. The van der Waals surface area contributed by atoms with E-state index in [0.717, 1.165) is 17.3 Å². The van der Waals surface area contributed by atoms with Gasteiger partial charge >= 0.3 is 0 Å². The number of rotatable bonds is 12. The summed E-state index contributed by atoms with van der Waals surface area (Å²) in [6.07, 6.45) is 1.81. The normalized spacial score (nSPS) is 12.8. The van der Waals surface area contributed by atoms with E-state index in [1.165, 1.54) is 25.1 Å². The van der Waals surface area contributed by atoms with Crippen LogP contribution < -0.4 is 10.2 Å². The average Bonchev–Trinajstić information content (AvgIpc) is 2.73. The predicted octanol–water partition coefficient (Wildman–Crippen LogP) is 4.32. The fourth-order valence-corrected chi connectivity index (χ4v) is 2.62. The van der Waals surface area contributed by atoms with Gasteiger partial charge in [0.05, 0.1) is 18.0 Å². The highest BCUT2D eigenvalue weighted by Gasteiger charge is 2.29. The Labute approximate surface area is 204 Å². The molecular weight excluding hydrogens is 494 g/mol. The standard InChI is InChI=1S/C22H22ClF4N5O3/c1-14(5-19(22(4,26)27)31-30-13-33)10-32(12-29-11-21(3,24)25)20(34)15(2)35-18-7-16(9-28)6-17(23)8-18/h5-8,12-13H,2,10-11H2,1,3-4H3,(H,30,33)/b14-5+,29-12?,31-19+. The molecule has 0 unspecified atom stereocenters.